The molecule has 4 heteroatoms. The van der Waals surface area contributed by atoms with Crippen molar-refractivity contribution in [1.29, 1.82) is 0 Å². The average molecular weight is 292 g/mol. The number of aliphatic hydroxyl groups is 1. The molecule has 0 amide bonds. The molecule has 2 unspecified atom stereocenters. The molecule has 3 rings (SSSR count). The molecule has 1 aliphatic heterocycles. The summed E-state index contributed by atoms with van der Waals surface area (Å²) in [6.07, 6.45) is 10.8. The van der Waals surface area contributed by atoms with E-state index in [1.54, 1.807) is 14.2 Å². The minimum Gasteiger partial charge on any atom is -0.498 e. The van der Waals surface area contributed by atoms with Gasteiger partial charge in [-0.3, -0.25) is 0 Å². The summed E-state index contributed by atoms with van der Waals surface area (Å²) in [7, 11) is 3.29. The van der Waals surface area contributed by atoms with Crippen molar-refractivity contribution in [2.75, 3.05) is 20.8 Å². The molecule has 0 spiro atoms. The number of hydrogen-bond donors (Lipinski definition) is 1. The standard InChI is InChI=1S/C17H24O4/c1-19-15-9-12(10-18)14-8-7-13(6-5-11-3-4-11)21-16(14)17(15)20-2/h7-9,11,13,16-18H,3-6,10H2,1-2H3/t13?,16-,17?/m1/s1. The van der Waals surface area contributed by atoms with Gasteiger partial charge in [0.25, 0.3) is 0 Å². The van der Waals surface area contributed by atoms with Crippen LogP contribution in [0.5, 0.6) is 0 Å². The van der Waals surface area contributed by atoms with Gasteiger partial charge in [0, 0.05) is 7.11 Å². The van der Waals surface area contributed by atoms with E-state index in [9.17, 15) is 5.11 Å². The van der Waals surface area contributed by atoms with Crippen LogP contribution >= 0.6 is 0 Å². The summed E-state index contributed by atoms with van der Waals surface area (Å²) < 4.78 is 17.2. The molecule has 21 heavy (non-hydrogen) atoms. The predicted molar refractivity (Wildman–Crippen MR) is 79.8 cm³/mol. The fourth-order valence-electron chi connectivity index (χ4n) is 3.15. The number of aliphatic hydroxyl groups excluding tert-OH is 1. The smallest absolute Gasteiger partial charge is 0.144 e. The van der Waals surface area contributed by atoms with Gasteiger partial charge >= 0.3 is 0 Å². The molecular weight excluding hydrogens is 268 g/mol. The second-order valence-corrected chi connectivity index (χ2v) is 6.02. The Morgan fingerprint density at radius 1 is 1.29 bits per heavy atom. The van der Waals surface area contributed by atoms with Crippen molar-refractivity contribution in [3.05, 3.63) is 35.1 Å². The van der Waals surface area contributed by atoms with Gasteiger partial charge in [-0.15, -0.1) is 0 Å². The van der Waals surface area contributed by atoms with Crippen LogP contribution in [-0.2, 0) is 14.2 Å². The monoisotopic (exact) mass is 292 g/mol. The van der Waals surface area contributed by atoms with E-state index >= 15 is 0 Å². The van der Waals surface area contributed by atoms with Gasteiger partial charge in [0.2, 0.25) is 0 Å². The third kappa shape index (κ3) is 3.07. The van der Waals surface area contributed by atoms with Crippen LogP contribution in [-0.4, -0.2) is 44.2 Å². The molecule has 116 valence electrons. The lowest BCUT2D eigenvalue weighted by molar-refractivity contribution is -0.0672. The van der Waals surface area contributed by atoms with Gasteiger partial charge in [-0.25, -0.2) is 0 Å². The summed E-state index contributed by atoms with van der Waals surface area (Å²) in [6.45, 7) is -0.0183. The Balaban J connectivity index is 1.79. The Morgan fingerprint density at radius 3 is 2.71 bits per heavy atom. The Morgan fingerprint density at radius 2 is 2.10 bits per heavy atom. The van der Waals surface area contributed by atoms with Crippen LogP contribution in [0.2, 0.25) is 0 Å². The molecule has 0 radical (unpaired) electrons. The fourth-order valence-corrected chi connectivity index (χ4v) is 3.15. The minimum absolute atomic E-state index is 0.0183. The van der Waals surface area contributed by atoms with Gasteiger partial charge in [0.05, 0.1) is 19.8 Å². The first kappa shape index (κ1) is 14.8. The molecule has 1 N–H and O–H groups in total. The lowest BCUT2D eigenvalue weighted by atomic mass is 9.88. The Bertz CT molecular complexity index is 473. The molecule has 0 aromatic heterocycles. The van der Waals surface area contributed by atoms with Crippen LogP contribution in [0.25, 0.3) is 0 Å². The van der Waals surface area contributed by atoms with E-state index in [2.05, 4.69) is 12.2 Å². The van der Waals surface area contributed by atoms with Crippen molar-refractivity contribution in [2.45, 2.75) is 44.0 Å². The number of hydrogen-bond acceptors (Lipinski definition) is 4. The molecule has 4 nitrogen and oxygen atoms in total. The van der Waals surface area contributed by atoms with Crippen molar-refractivity contribution in [3.63, 3.8) is 0 Å². The molecule has 3 atom stereocenters. The number of rotatable bonds is 6. The van der Waals surface area contributed by atoms with Crippen molar-refractivity contribution in [1.82, 2.24) is 0 Å². The second-order valence-electron chi connectivity index (χ2n) is 6.02. The maximum absolute atomic E-state index is 9.56. The molecular formula is C17H24O4. The van der Waals surface area contributed by atoms with E-state index in [4.69, 9.17) is 14.2 Å². The maximum Gasteiger partial charge on any atom is 0.144 e. The zero-order valence-corrected chi connectivity index (χ0v) is 12.7. The average Bonchev–Trinajstić information content (AvgIpc) is 3.35. The van der Waals surface area contributed by atoms with E-state index in [0.29, 0.717) is 5.76 Å². The lowest BCUT2D eigenvalue weighted by Gasteiger charge is -2.37. The van der Waals surface area contributed by atoms with Gasteiger partial charge in [-0.1, -0.05) is 25.0 Å². The van der Waals surface area contributed by atoms with Crippen LogP contribution in [0.4, 0.5) is 0 Å². The van der Waals surface area contributed by atoms with E-state index in [1.807, 2.05) is 6.08 Å². The molecule has 1 fully saturated rings. The highest BCUT2D eigenvalue weighted by Crippen LogP contribution is 2.37. The topological polar surface area (TPSA) is 47.9 Å². The Labute approximate surface area is 126 Å². The fraction of sp³-hybridized carbons (Fsp3) is 0.647. The first-order chi connectivity index (χ1) is 10.3. The quantitative estimate of drug-likeness (QED) is 0.816. The molecule has 3 aliphatic rings. The SMILES string of the molecule is COC1=CC(CO)=C2C=CC(CCC3CC3)O[C@H]2C1OC. The summed E-state index contributed by atoms with van der Waals surface area (Å²) in [5, 5.41) is 9.56. The first-order valence-electron chi connectivity index (χ1n) is 7.72. The van der Waals surface area contributed by atoms with Gasteiger partial charge in [-0.2, -0.15) is 0 Å². The highest BCUT2D eigenvalue weighted by molar-refractivity contribution is 5.45. The highest BCUT2D eigenvalue weighted by atomic mass is 16.6. The first-order valence-corrected chi connectivity index (χ1v) is 7.72. The number of ether oxygens (including phenoxy) is 3. The van der Waals surface area contributed by atoms with Gasteiger partial charge in [0.1, 0.15) is 18.0 Å². The van der Waals surface area contributed by atoms with Gasteiger partial charge in [0.15, 0.2) is 0 Å². The summed E-state index contributed by atoms with van der Waals surface area (Å²) in [4.78, 5) is 0. The van der Waals surface area contributed by atoms with Crippen LogP contribution in [0.1, 0.15) is 25.7 Å². The Hall–Kier alpha value is -1.10. The Kier molecular flexibility index (Phi) is 4.48. The molecule has 0 bridgehead atoms. The zero-order valence-electron chi connectivity index (χ0n) is 12.7. The second kappa shape index (κ2) is 6.34. The highest BCUT2D eigenvalue weighted by Gasteiger charge is 2.37. The van der Waals surface area contributed by atoms with Gasteiger partial charge < -0.3 is 19.3 Å². The van der Waals surface area contributed by atoms with E-state index in [-0.39, 0.29) is 24.9 Å². The molecule has 0 aromatic carbocycles. The van der Waals surface area contributed by atoms with Crippen molar-refractivity contribution in [3.8, 4) is 0 Å². The summed E-state index contributed by atoms with van der Waals surface area (Å²) in [5.41, 5.74) is 1.86. The predicted octanol–water partition coefficient (Wildman–Crippen LogP) is 2.35. The van der Waals surface area contributed by atoms with Crippen molar-refractivity contribution >= 4 is 0 Å². The van der Waals surface area contributed by atoms with Crippen LogP contribution in [0.15, 0.2) is 35.1 Å². The van der Waals surface area contributed by atoms with Crippen molar-refractivity contribution in [2.24, 2.45) is 5.92 Å². The molecule has 2 aliphatic carbocycles. The number of fused-ring (bicyclic) bond motifs is 1. The molecule has 1 saturated carbocycles. The maximum atomic E-state index is 9.56. The van der Waals surface area contributed by atoms with Gasteiger partial charge in [-0.05, 0) is 36.0 Å². The summed E-state index contributed by atoms with van der Waals surface area (Å²) in [5.74, 6) is 1.62. The molecule has 1 heterocycles. The van der Waals surface area contributed by atoms with E-state index < -0.39 is 0 Å². The molecule has 0 aromatic rings. The lowest BCUT2D eigenvalue weighted by Crippen LogP contribution is -2.41. The third-order valence-electron chi connectivity index (χ3n) is 4.58. The zero-order chi connectivity index (χ0) is 14.8. The van der Waals surface area contributed by atoms with E-state index in [1.165, 1.54) is 19.3 Å². The normalized spacial score (nSPS) is 32.0. The summed E-state index contributed by atoms with van der Waals surface area (Å²) >= 11 is 0. The van der Waals surface area contributed by atoms with Crippen LogP contribution in [0.3, 0.4) is 0 Å². The third-order valence-corrected chi connectivity index (χ3v) is 4.58. The van der Waals surface area contributed by atoms with Crippen LogP contribution in [0, 0.1) is 5.92 Å². The molecule has 0 saturated heterocycles. The van der Waals surface area contributed by atoms with Crippen molar-refractivity contribution < 1.29 is 19.3 Å². The number of methoxy groups -OCH3 is 2. The minimum atomic E-state index is -0.242. The largest absolute Gasteiger partial charge is 0.498 e. The van der Waals surface area contributed by atoms with Crippen LogP contribution < -0.4 is 0 Å². The summed E-state index contributed by atoms with van der Waals surface area (Å²) in [6, 6.07) is 0. The van der Waals surface area contributed by atoms with E-state index in [0.717, 1.165) is 23.5 Å².